The Morgan fingerprint density at radius 2 is 2.20 bits per heavy atom. The van der Waals surface area contributed by atoms with Gasteiger partial charge in [0.05, 0.1) is 28.8 Å². The molecule has 0 bridgehead atoms. The average molecular weight is 317 g/mol. The summed E-state index contributed by atoms with van der Waals surface area (Å²) in [6.07, 6.45) is 1.21. The fourth-order valence-corrected chi connectivity index (χ4v) is 3.06. The molecule has 1 saturated heterocycles. The van der Waals surface area contributed by atoms with Crippen molar-refractivity contribution in [3.8, 4) is 0 Å². The molecule has 1 aromatic rings. The molecule has 0 saturated carbocycles. The van der Waals surface area contributed by atoms with Crippen molar-refractivity contribution in [2.24, 2.45) is 0 Å². The Morgan fingerprint density at radius 3 is 2.95 bits per heavy atom. The molecule has 0 radical (unpaired) electrons. The van der Waals surface area contributed by atoms with E-state index in [4.69, 9.17) is 27.9 Å². The van der Waals surface area contributed by atoms with E-state index in [9.17, 15) is 0 Å². The first-order valence-electron chi connectivity index (χ1n) is 7.11. The summed E-state index contributed by atoms with van der Waals surface area (Å²) in [4.78, 5) is 2.29. The maximum Gasteiger partial charge on any atom is 0.0896 e. The minimum Gasteiger partial charge on any atom is -0.374 e. The summed E-state index contributed by atoms with van der Waals surface area (Å²) in [6.45, 7) is 5.64. The van der Waals surface area contributed by atoms with Crippen molar-refractivity contribution < 1.29 is 4.74 Å². The van der Waals surface area contributed by atoms with E-state index >= 15 is 0 Å². The molecule has 0 spiro atoms. The zero-order valence-electron chi connectivity index (χ0n) is 12.0. The predicted molar refractivity (Wildman–Crippen MR) is 84.7 cm³/mol. The highest BCUT2D eigenvalue weighted by molar-refractivity contribution is 6.42. The summed E-state index contributed by atoms with van der Waals surface area (Å²) in [7, 11) is 2.11. The molecule has 2 atom stereocenters. The van der Waals surface area contributed by atoms with Gasteiger partial charge in [-0.15, -0.1) is 0 Å². The predicted octanol–water partition coefficient (Wildman–Crippen LogP) is 3.36. The minimum absolute atomic E-state index is 0.0938. The largest absolute Gasteiger partial charge is 0.374 e. The van der Waals surface area contributed by atoms with Crippen molar-refractivity contribution in [1.82, 2.24) is 10.2 Å². The second-order valence-electron chi connectivity index (χ2n) is 5.18. The standard InChI is InChI=1S/C15H22Cl2N2O/c1-3-7-18-10-13-15(19(2)8-9-20-13)11-5-4-6-12(16)14(11)17/h4-6,13,15,18H,3,7-10H2,1-2H3. The van der Waals surface area contributed by atoms with Gasteiger partial charge in [-0.25, -0.2) is 0 Å². The molecule has 3 nitrogen and oxygen atoms in total. The zero-order chi connectivity index (χ0) is 14.5. The van der Waals surface area contributed by atoms with Gasteiger partial charge in [0.25, 0.3) is 0 Å². The number of rotatable bonds is 5. The van der Waals surface area contributed by atoms with Crippen LogP contribution < -0.4 is 5.32 Å². The molecule has 112 valence electrons. The number of likely N-dealkylation sites (N-methyl/N-ethyl adjacent to an activating group) is 1. The van der Waals surface area contributed by atoms with Crippen LogP contribution in [-0.2, 0) is 4.74 Å². The van der Waals surface area contributed by atoms with Gasteiger partial charge in [0, 0.05) is 13.1 Å². The number of morpholine rings is 1. The SMILES string of the molecule is CCCNCC1OCCN(C)C1c1cccc(Cl)c1Cl. The van der Waals surface area contributed by atoms with E-state index in [1.807, 2.05) is 18.2 Å². The third-order valence-corrected chi connectivity index (χ3v) is 4.51. The number of ether oxygens (including phenoxy) is 1. The van der Waals surface area contributed by atoms with Crippen LogP contribution in [0.25, 0.3) is 0 Å². The van der Waals surface area contributed by atoms with Crippen LogP contribution in [0.3, 0.4) is 0 Å². The normalized spacial score (nSPS) is 24.0. The number of hydrogen-bond donors (Lipinski definition) is 1. The Labute approximate surface area is 131 Å². The molecule has 1 aliphatic heterocycles. The van der Waals surface area contributed by atoms with Crippen molar-refractivity contribution in [1.29, 1.82) is 0 Å². The topological polar surface area (TPSA) is 24.5 Å². The number of nitrogens with zero attached hydrogens (tertiary/aromatic N) is 1. The Morgan fingerprint density at radius 1 is 1.40 bits per heavy atom. The highest BCUT2D eigenvalue weighted by Crippen LogP contribution is 2.36. The van der Waals surface area contributed by atoms with Crippen LogP contribution in [0, 0.1) is 0 Å². The van der Waals surface area contributed by atoms with E-state index in [2.05, 4.69) is 24.2 Å². The van der Waals surface area contributed by atoms with E-state index in [1.54, 1.807) is 0 Å². The van der Waals surface area contributed by atoms with E-state index in [-0.39, 0.29) is 12.1 Å². The van der Waals surface area contributed by atoms with Crippen LogP contribution in [-0.4, -0.2) is 44.3 Å². The number of nitrogens with one attached hydrogen (secondary N) is 1. The van der Waals surface area contributed by atoms with Crippen LogP contribution in [0.2, 0.25) is 10.0 Å². The lowest BCUT2D eigenvalue weighted by Gasteiger charge is -2.40. The Kier molecular flexibility index (Phi) is 6.12. The molecule has 1 N–H and O–H groups in total. The maximum atomic E-state index is 6.38. The van der Waals surface area contributed by atoms with Gasteiger partial charge < -0.3 is 10.1 Å². The molecular formula is C15H22Cl2N2O. The average Bonchev–Trinajstić information content (AvgIpc) is 2.43. The Bertz CT molecular complexity index is 442. The summed E-state index contributed by atoms with van der Waals surface area (Å²) in [5, 5.41) is 4.67. The first-order valence-corrected chi connectivity index (χ1v) is 7.87. The third kappa shape index (κ3) is 3.66. The summed E-state index contributed by atoms with van der Waals surface area (Å²) < 4.78 is 5.95. The van der Waals surface area contributed by atoms with Crippen LogP contribution >= 0.6 is 23.2 Å². The van der Waals surface area contributed by atoms with Crippen LogP contribution in [0.1, 0.15) is 24.9 Å². The lowest BCUT2D eigenvalue weighted by molar-refractivity contribution is -0.0612. The van der Waals surface area contributed by atoms with Gasteiger partial charge in [-0.05, 0) is 31.6 Å². The van der Waals surface area contributed by atoms with E-state index < -0.39 is 0 Å². The van der Waals surface area contributed by atoms with Crippen molar-refractivity contribution in [2.75, 3.05) is 33.3 Å². The smallest absolute Gasteiger partial charge is 0.0896 e. The van der Waals surface area contributed by atoms with Crippen LogP contribution in [0.5, 0.6) is 0 Å². The first-order chi connectivity index (χ1) is 9.65. The summed E-state index contributed by atoms with van der Waals surface area (Å²) in [5.41, 5.74) is 1.05. The highest BCUT2D eigenvalue weighted by atomic mass is 35.5. The Hall–Kier alpha value is -0.320. The van der Waals surface area contributed by atoms with Crippen molar-refractivity contribution >= 4 is 23.2 Å². The molecule has 5 heteroatoms. The molecule has 2 rings (SSSR count). The second-order valence-corrected chi connectivity index (χ2v) is 5.97. The van der Waals surface area contributed by atoms with E-state index in [0.29, 0.717) is 10.0 Å². The van der Waals surface area contributed by atoms with Gasteiger partial charge in [0.15, 0.2) is 0 Å². The fourth-order valence-electron chi connectivity index (χ4n) is 2.64. The lowest BCUT2D eigenvalue weighted by Crippen LogP contribution is -2.47. The number of benzene rings is 1. The van der Waals surface area contributed by atoms with Gasteiger partial charge in [0.2, 0.25) is 0 Å². The first kappa shape index (κ1) is 16.1. The molecule has 1 aliphatic rings. The molecule has 0 aliphatic carbocycles. The summed E-state index contributed by atoms with van der Waals surface area (Å²) in [5.74, 6) is 0. The summed E-state index contributed by atoms with van der Waals surface area (Å²) in [6, 6.07) is 5.94. The molecule has 0 aromatic heterocycles. The highest BCUT2D eigenvalue weighted by Gasteiger charge is 2.32. The summed E-state index contributed by atoms with van der Waals surface area (Å²) >= 11 is 12.5. The van der Waals surface area contributed by atoms with Crippen LogP contribution in [0.15, 0.2) is 18.2 Å². The van der Waals surface area contributed by atoms with E-state index in [0.717, 1.165) is 38.2 Å². The molecule has 0 amide bonds. The van der Waals surface area contributed by atoms with Gasteiger partial charge in [-0.2, -0.15) is 0 Å². The lowest BCUT2D eigenvalue weighted by atomic mass is 9.98. The fraction of sp³-hybridized carbons (Fsp3) is 0.600. The quantitative estimate of drug-likeness (QED) is 0.843. The van der Waals surface area contributed by atoms with E-state index in [1.165, 1.54) is 0 Å². The molecule has 1 aromatic carbocycles. The molecular weight excluding hydrogens is 295 g/mol. The number of hydrogen-bond acceptors (Lipinski definition) is 3. The van der Waals surface area contributed by atoms with Gasteiger partial charge in [0.1, 0.15) is 0 Å². The second kappa shape index (κ2) is 7.62. The van der Waals surface area contributed by atoms with Gasteiger partial charge >= 0.3 is 0 Å². The third-order valence-electron chi connectivity index (χ3n) is 3.68. The van der Waals surface area contributed by atoms with Gasteiger partial charge in [-0.3, -0.25) is 4.90 Å². The van der Waals surface area contributed by atoms with Crippen molar-refractivity contribution in [3.63, 3.8) is 0 Å². The molecule has 1 fully saturated rings. The Balaban J connectivity index is 2.20. The monoisotopic (exact) mass is 316 g/mol. The zero-order valence-corrected chi connectivity index (χ0v) is 13.5. The molecule has 2 unspecified atom stereocenters. The van der Waals surface area contributed by atoms with Crippen LogP contribution in [0.4, 0.5) is 0 Å². The van der Waals surface area contributed by atoms with Gasteiger partial charge in [-0.1, -0.05) is 42.3 Å². The molecule has 1 heterocycles. The maximum absolute atomic E-state index is 6.38. The van der Waals surface area contributed by atoms with Crippen molar-refractivity contribution in [2.45, 2.75) is 25.5 Å². The number of halogens is 2. The minimum atomic E-state index is 0.0938. The van der Waals surface area contributed by atoms with Crippen molar-refractivity contribution in [3.05, 3.63) is 33.8 Å². The molecule has 20 heavy (non-hydrogen) atoms.